The molecule has 0 aliphatic rings. The summed E-state index contributed by atoms with van der Waals surface area (Å²) < 4.78 is 11.4. The molecule has 0 radical (unpaired) electrons. The summed E-state index contributed by atoms with van der Waals surface area (Å²) >= 11 is 1.08. The van der Waals surface area contributed by atoms with Crippen LogP contribution in [0.3, 0.4) is 0 Å². The van der Waals surface area contributed by atoms with Crippen molar-refractivity contribution in [1.29, 1.82) is 0 Å². The molecule has 0 N–H and O–H groups in total. The van der Waals surface area contributed by atoms with E-state index in [1.807, 2.05) is 18.2 Å². The van der Waals surface area contributed by atoms with Gasteiger partial charge in [-0.05, 0) is 0 Å². The molecule has 0 atom stereocenters. The molecule has 0 spiro atoms. The van der Waals surface area contributed by atoms with Crippen LogP contribution in [0.2, 0.25) is 0 Å². The first-order valence-corrected chi connectivity index (χ1v) is 4.80. The Morgan fingerprint density at radius 3 is 2.25 bits per heavy atom. The molecule has 0 fully saturated rings. The maximum atomic E-state index is 5.12. The summed E-state index contributed by atoms with van der Waals surface area (Å²) in [6.45, 7) is 0. The van der Waals surface area contributed by atoms with Gasteiger partial charge >= 0.3 is 75.9 Å². The van der Waals surface area contributed by atoms with Gasteiger partial charge in [0.05, 0.1) is 0 Å². The van der Waals surface area contributed by atoms with Crippen molar-refractivity contribution in [2.45, 2.75) is 0 Å². The van der Waals surface area contributed by atoms with Gasteiger partial charge in [-0.2, -0.15) is 0 Å². The van der Waals surface area contributed by atoms with E-state index in [-0.39, 0.29) is 12.4 Å². The quantitative estimate of drug-likeness (QED) is 0.724. The molecule has 0 aliphatic heterocycles. The maximum Gasteiger partial charge on any atom is -0.147 e. The first-order valence-electron chi connectivity index (χ1n) is 3.32. The maximum absolute atomic E-state index is 5.12. The summed E-state index contributed by atoms with van der Waals surface area (Å²) in [6.07, 6.45) is 0. The van der Waals surface area contributed by atoms with Crippen molar-refractivity contribution in [3.05, 3.63) is 18.2 Å². The van der Waals surface area contributed by atoms with E-state index >= 15 is 0 Å². The number of hydrogen-bond donors (Lipinski definition) is 0. The normalized spacial score (nSPS) is 8.67. The van der Waals surface area contributed by atoms with Crippen LogP contribution in [0.15, 0.2) is 18.2 Å². The Hall–Kier alpha value is -0.267. The van der Waals surface area contributed by atoms with Gasteiger partial charge in [-0.3, -0.25) is 0 Å². The van der Waals surface area contributed by atoms with Crippen LogP contribution in [0.4, 0.5) is 0 Å². The van der Waals surface area contributed by atoms with Crippen molar-refractivity contribution < 1.29 is 27.8 Å². The van der Waals surface area contributed by atoms with Gasteiger partial charge in [0.25, 0.3) is 0 Å². The van der Waals surface area contributed by atoms with E-state index in [0.717, 1.165) is 29.8 Å². The van der Waals surface area contributed by atoms with Gasteiger partial charge in [0.2, 0.25) is 0 Å². The van der Waals surface area contributed by atoms with Crippen LogP contribution >= 0.6 is 12.4 Å². The third kappa shape index (κ3) is 2.65. The fourth-order valence-electron chi connectivity index (χ4n) is 0.882. The molecule has 4 heteroatoms. The number of halogens is 1. The molecule has 63 valence electrons. The molecule has 0 aliphatic carbocycles. The number of rotatable bonds is 2. The van der Waals surface area contributed by atoms with Crippen LogP contribution in [0.5, 0.6) is 11.5 Å². The Labute approximate surface area is 88.3 Å². The standard InChI is InChI=1S/C8H9O2.ClH.Zn/c1-9-7-3-5-8(10-2)6-4-7;;/h3-5H,1-2H3;1H;. The fourth-order valence-corrected chi connectivity index (χ4v) is 1.85. The van der Waals surface area contributed by atoms with Gasteiger partial charge in [-0.15, -0.1) is 12.4 Å². The van der Waals surface area contributed by atoms with Gasteiger partial charge < -0.3 is 0 Å². The van der Waals surface area contributed by atoms with Crippen molar-refractivity contribution in [3.63, 3.8) is 0 Å². The summed E-state index contributed by atoms with van der Waals surface area (Å²) in [6, 6.07) is 5.83. The summed E-state index contributed by atoms with van der Waals surface area (Å²) in [5.41, 5.74) is 0. The molecule has 12 heavy (non-hydrogen) atoms. The van der Waals surface area contributed by atoms with E-state index in [1.54, 1.807) is 14.2 Å². The monoisotopic (exact) mass is 237 g/mol. The number of methoxy groups -OCH3 is 2. The summed E-state index contributed by atoms with van der Waals surface area (Å²) in [5.74, 6) is 1.85. The predicted molar refractivity (Wildman–Crippen MR) is 46.4 cm³/mol. The van der Waals surface area contributed by atoms with Crippen LogP contribution in [-0.2, 0) is 18.3 Å². The molecule has 0 saturated heterocycles. The first kappa shape index (κ1) is 11.7. The van der Waals surface area contributed by atoms with Crippen LogP contribution < -0.4 is 13.6 Å². The Kier molecular flexibility index (Phi) is 5.27. The van der Waals surface area contributed by atoms with E-state index in [9.17, 15) is 0 Å². The molecule has 0 aromatic heterocycles. The SMILES string of the molecule is COc1ccc(OC)[c]([Zn])c1.Cl. The van der Waals surface area contributed by atoms with Crippen LogP contribution in [0.1, 0.15) is 0 Å². The smallest absolute Gasteiger partial charge is 0.147 e. The zero-order chi connectivity index (χ0) is 8.27. The molecule has 0 heterocycles. The third-order valence-corrected chi connectivity index (χ3v) is 2.65. The van der Waals surface area contributed by atoms with Gasteiger partial charge in [-0.1, -0.05) is 0 Å². The van der Waals surface area contributed by atoms with E-state index in [2.05, 4.69) is 0 Å². The molecule has 1 rings (SSSR count). The average molecular weight is 239 g/mol. The second-order valence-electron chi connectivity index (χ2n) is 2.18. The average Bonchev–Trinajstić information content (AvgIpc) is 2.04. The molecule has 1 aromatic carbocycles. The van der Waals surface area contributed by atoms with Gasteiger partial charge in [-0.25, -0.2) is 0 Å². The van der Waals surface area contributed by atoms with Crippen molar-refractivity contribution in [2.75, 3.05) is 14.2 Å². The number of benzene rings is 1. The zero-order valence-corrected chi connectivity index (χ0v) is 10.9. The van der Waals surface area contributed by atoms with Crippen LogP contribution in [0.25, 0.3) is 0 Å². The zero-order valence-electron chi connectivity index (χ0n) is 7.16. The Morgan fingerprint density at radius 1 is 1.17 bits per heavy atom. The Bertz CT molecular complexity index is 253. The second-order valence-corrected chi connectivity index (χ2v) is 3.78. The minimum atomic E-state index is 0. The summed E-state index contributed by atoms with van der Waals surface area (Å²) in [5, 5.41) is 0. The van der Waals surface area contributed by atoms with E-state index in [1.165, 1.54) is 4.16 Å². The van der Waals surface area contributed by atoms with E-state index < -0.39 is 0 Å². The molecule has 2 nitrogen and oxygen atoms in total. The Morgan fingerprint density at radius 2 is 1.83 bits per heavy atom. The van der Waals surface area contributed by atoms with E-state index in [4.69, 9.17) is 9.47 Å². The first-order chi connectivity index (χ1) is 5.27. The van der Waals surface area contributed by atoms with Crippen LogP contribution in [-0.4, -0.2) is 14.2 Å². The molecule has 0 saturated carbocycles. The molecule has 1 aromatic rings. The fraction of sp³-hybridized carbons (Fsp3) is 0.250. The summed E-state index contributed by atoms with van der Waals surface area (Å²) in [4.78, 5) is 0. The molecule has 0 unspecified atom stereocenters. The molecular weight excluding hydrogens is 229 g/mol. The van der Waals surface area contributed by atoms with Gasteiger partial charge in [0.1, 0.15) is 0 Å². The van der Waals surface area contributed by atoms with Crippen molar-refractivity contribution >= 4 is 16.6 Å². The van der Waals surface area contributed by atoms with Crippen LogP contribution in [0, 0.1) is 0 Å². The molecule has 0 amide bonds. The van der Waals surface area contributed by atoms with Gasteiger partial charge in [0.15, 0.2) is 0 Å². The Balaban J connectivity index is 0.00000121. The van der Waals surface area contributed by atoms with Gasteiger partial charge in [0, 0.05) is 0 Å². The molecule has 0 bridgehead atoms. The van der Waals surface area contributed by atoms with E-state index in [0.29, 0.717) is 0 Å². The van der Waals surface area contributed by atoms with Crippen molar-refractivity contribution in [1.82, 2.24) is 0 Å². The second kappa shape index (κ2) is 5.39. The number of hydrogen-bond acceptors (Lipinski definition) is 2. The minimum absolute atomic E-state index is 0. The predicted octanol–water partition coefficient (Wildman–Crippen LogP) is 1.30. The third-order valence-electron chi connectivity index (χ3n) is 1.49. The van der Waals surface area contributed by atoms with Crippen molar-refractivity contribution in [2.24, 2.45) is 0 Å². The van der Waals surface area contributed by atoms with Crippen molar-refractivity contribution in [3.8, 4) is 11.5 Å². The largest absolute Gasteiger partial charge is 0.147 e. The summed E-state index contributed by atoms with van der Waals surface area (Å²) in [7, 11) is 3.35. The minimum Gasteiger partial charge on any atom is -0.147 e. The molecular formula is C8H10ClO2Zn. The number of ether oxygens (including phenoxy) is 2. The topological polar surface area (TPSA) is 18.5 Å².